The number of hydrogen-bond acceptors (Lipinski definition) is 4. The van der Waals surface area contributed by atoms with Gasteiger partial charge in [-0.2, -0.15) is 13.2 Å². The molecular weight excluding hydrogens is 417 g/mol. The van der Waals surface area contributed by atoms with Crippen LogP contribution in [0.3, 0.4) is 0 Å². The number of nitrogens with zero attached hydrogens (tertiary/aromatic N) is 1. The highest BCUT2D eigenvalue weighted by atomic mass is 35.5. The van der Waals surface area contributed by atoms with E-state index in [-0.39, 0.29) is 16.0 Å². The van der Waals surface area contributed by atoms with Crippen molar-refractivity contribution in [2.24, 2.45) is 0 Å². The number of ether oxygens (including phenoxy) is 1. The topological polar surface area (TPSA) is 68.3 Å². The van der Waals surface area contributed by atoms with Gasteiger partial charge in [0, 0.05) is 17.3 Å². The fraction of sp³-hybridized carbons (Fsp3) is 0.167. The van der Waals surface area contributed by atoms with Crippen LogP contribution < -0.4 is 9.46 Å². The molecule has 1 heterocycles. The molecule has 0 fully saturated rings. The van der Waals surface area contributed by atoms with Gasteiger partial charge >= 0.3 is 6.18 Å². The molecule has 1 N–H and O–H groups in total. The van der Waals surface area contributed by atoms with Crippen LogP contribution in [0.25, 0.3) is 10.9 Å². The lowest BCUT2D eigenvalue weighted by molar-refractivity contribution is -0.137. The molecule has 0 spiro atoms. The van der Waals surface area contributed by atoms with Crippen LogP contribution in [-0.4, -0.2) is 20.0 Å². The first-order valence-corrected chi connectivity index (χ1v) is 9.89. The molecular formula is C18H14ClF3N2O3S. The fourth-order valence-corrected chi connectivity index (χ4v) is 4.12. The van der Waals surface area contributed by atoms with Gasteiger partial charge in [0.05, 0.1) is 22.1 Å². The molecule has 0 saturated heterocycles. The summed E-state index contributed by atoms with van der Waals surface area (Å²) in [6.45, 7) is 2.14. The van der Waals surface area contributed by atoms with E-state index < -0.39 is 26.8 Å². The van der Waals surface area contributed by atoms with Gasteiger partial charge in [0.1, 0.15) is 11.3 Å². The highest BCUT2D eigenvalue weighted by Crippen LogP contribution is 2.37. The lowest BCUT2D eigenvalue weighted by Gasteiger charge is -2.14. The maximum absolute atomic E-state index is 13.0. The van der Waals surface area contributed by atoms with Crippen LogP contribution in [0.15, 0.2) is 53.6 Å². The lowest BCUT2D eigenvalue weighted by atomic mass is 10.2. The number of pyridine rings is 1. The van der Waals surface area contributed by atoms with E-state index >= 15 is 0 Å². The van der Waals surface area contributed by atoms with Gasteiger partial charge < -0.3 is 4.74 Å². The van der Waals surface area contributed by atoms with Crippen molar-refractivity contribution in [1.82, 2.24) is 4.98 Å². The van der Waals surface area contributed by atoms with Gasteiger partial charge in [-0.1, -0.05) is 11.6 Å². The number of anilines is 1. The quantitative estimate of drug-likeness (QED) is 0.611. The number of benzene rings is 2. The van der Waals surface area contributed by atoms with Crippen molar-refractivity contribution in [3.63, 3.8) is 0 Å². The maximum Gasteiger partial charge on any atom is 0.417 e. The van der Waals surface area contributed by atoms with E-state index in [0.717, 1.165) is 12.1 Å². The highest BCUT2D eigenvalue weighted by Gasteiger charge is 2.33. The van der Waals surface area contributed by atoms with E-state index in [4.69, 9.17) is 16.3 Å². The van der Waals surface area contributed by atoms with E-state index in [1.54, 1.807) is 19.1 Å². The lowest BCUT2D eigenvalue weighted by Crippen LogP contribution is -2.15. The minimum atomic E-state index is -4.71. The monoisotopic (exact) mass is 430 g/mol. The zero-order chi connectivity index (χ0) is 20.5. The van der Waals surface area contributed by atoms with Crippen molar-refractivity contribution in [2.75, 3.05) is 11.3 Å². The summed E-state index contributed by atoms with van der Waals surface area (Å²) in [5.74, 6) is 0.405. The number of alkyl halides is 3. The molecule has 0 radical (unpaired) electrons. The van der Waals surface area contributed by atoms with Crippen LogP contribution >= 0.6 is 11.6 Å². The van der Waals surface area contributed by atoms with E-state index in [1.165, 1.54) is 18.3 Å². The molecule has 148 valence electrons. The van der Waals surface area contributed by atoms with E-state index in [2.05, 4.69) is 9.71 Å². The third kappa shape index (κ3) is 4.00. The largest absolute Gasteiger partial charge is 0.492 e. The number of aromatic nitrogens is 1. The van der Waals surface area contributed by atoms with Crippen LogP contribution in [0.5, 0.6) is 5.75 Å². The molecule has 10 heteroatoms. The first-order chi connectivity index (χ1) is 13.1. The minimum Gasteiger partial charge on any atom is -0.492 e. The predicted octanol–water partition coefficient (Wildman–Crippen LogP) is 5.11. The smallest absolute Gasteiger partial charge is 0.417 e. The molecule has 0 atom stereocenters. The average Bonchev–Trinajstić information content (AvgIpc) is 2.62. The Morgan fingerprint density at radius 2 is 1.93 bits per heavy atom. The number of halogens is 4. The van der Waals surface area contributed by atoms with Crippen LogP contribution in [0.1, 0.15) is 12.5 Å². The van der Waals surface area contributed by atoms with Crippen LogP contribution in [0.4, 0.5) is 18.9 Å². The maximum atomic E-state index is 13.0. The van der Waals surface area contributed by atoms with Gasteiger partial charge in [-0.25, -0.2) is 8.42 Å². The summed E-state index contributed by atoms with van der Waals surface area (Å²) in [7, 11) is -4.20. The Bertz CT molecular complexity index is 1130. The third-order valence-corrected chi connectivity index (χ3v) is 5.58. The molecule has 5 nitrogen and oxygen atoms in total. The van der Waals surface area contributed by atoms with Gasteiger partial charge in [0.2, 0.25) is 0 Å². The normalized spacial score (nSPS) is 12.2. The van der Waals surface area contributed by atoms with Gasteiger partial charge in [0.25, 0.3) is 10.0 Å². The molecule has 3 aromatic rings. The molecule has 2 aromatic carbocycles. The number of hydrogen-bond donors (Lipinski definition) is 1. The van der Waals surface area contributed by atoms with Gasteiger partial charge in [0.15, 0.2) is 0 Å². The summed E-state index contributed by atoms with van der Waals surface area (Å²) in [6, 6.07) is 8.66. The van der Waals surface area contributed by atoms with Crippen LogP contribution in [0, 0.1) is 0 Å². The molecule has 0 unspecified atom stereocenters. The van der Waals surface area contributed by atoms with E-state index in [1.807, 2.05) is 0 Å². The van der Waals surface area contributed by atoms with Crippen molar-refractivity contribution in [3.8, 4) is 5.75 Å². The number of nitrogens with one attached hydrogen (secondary N) is 1. The first kappa shape index (κ1) is 20.2. The molecule has 0 aliphatic heterocycles. The Labute approximate surface area is 164 Å². The van der Waals surface area contributed by atoms with Crippen LogP contribution in [0.2, 0.25) is 5.02 Å². The van der Waals surface area contributed by atoms with E-state index in [9.17, 15) is 21.6 Å². The Morgan fingerprint density at radius 1 is 1.18 bits per heavy atom. The molecule has 3 rings (SSSR count). The summed E-state index contributed by atoms with van der Waals surface area (Å²) < 4.78 is 72.4. The SMILES string of the molecule is CCOc1ccc(S(=O)(=O)Nc2ccc(Cl)c(C(F)(F)F)c2)c2cccnc12. The molecule has 0 aliphatic carbocycles. The second kappa shape index (κ2) is 7.48. The fourth-order valence-electron chi connectivity index (χ4n) is 2.64. The van der Waals surface area contributed by atoms with Crippen molar-refractivity contribution < 1.29 is 26.3 Å². The summed E-state index contributed by atoms with van der Waals surface area (Å²) in [5, 5.41) is -0.239. The van der Waals surface area contributed by atoms with E-state index in [0.29, 0.717) is 23.9 Å². The van der Waals surface area contributed by atoms with Gasteiger partial charge in [-0.15, -0.1) is 0 Å². The summed E-state index contributed by atoms with van der Waals surface area (Å²) in [6.07, 6.45) is -3.22. The predicted molar refractivity (Wildman–Crippen MR) is 100 cm³/mol. The minimum absolute atomic E-state index is 0.137. The average molecular weight is 431 g/mol. The van der Waals surface area contributed by atoms with Crippen molar-refractivity contribution in [2.45, 2.75) is 18.0 Å². The second-order valence-electron chi connectivity index (χ2n) is 5.69. The Kier molecular flexibility index (Phi) is 5.40. The van der Waals surface area contributed by atoms with Crippen molar-refractivity contribution in [1.29, 1.82) is 0 Å². The summed E-state index contributed by atoms with van der Waals surface area (Å²) in [4.78, 5) is 4.02. The van der Waals surface area contributed by atoms with Gasteiger partial charge in [-0.3, -0.25) is 9.71 Å². The van der Waals surface area contributed by atoms with Crippen LogP contribution in [-0.2, 0) is 16.2 Å². The molecule has 0 bridgehead atoms. The standard InChI is InChI=1S/C18H14ClF3N2O3S/c1-2-27-15-7-8-16(12-4-3-9-23-17(12)15)28(25,26)24-11-5-6-14(19)13(10-11)18(20,21)22/h3-10,24H,2H2,1H3. The van der Waals surface area contributed by atoms with Gasteiger partial charge in [-0.05, 0) is 49.4 Å². The Balaban J connectivity index is 2.07. The highest BCUT2D eigenvalue weighted by molar-refractivity contribution is 7.93. The number of fused-ring (bicyclic) bond motifs is 1. The second-order valence-corrected chi connectivity index (χ2v) is 7.75. The van der Waals surface area contributed by atoms with Crippen molar-refractivity contribution >= 4 is 38.2 Å². The summed E-state index contributed by atoms with van der Waals surface area (Å²) >= 11 is 5.57. The third-order valence-electron chi connectivity index (χ3n) is 3.81. The molecule has 0 saturated carbocycles. The first-order valence-electron chi connectivity index (χ1n) is 8.03. The summed E-state index contributed by atoms with van der Waals surface area (Å²) in [5.41, 5.74) is -1.06. The zero-order valence-corrected chi connectivity index (χ0v) is 16.0. The molecule has 1 aromatic heterocycles. The number of sulfonamides is 1. The zero-order valence-electron chi connectivity index (χ0n) is 14.4. The Morgan fingerprint density at radius 3 is 2.61 bits per heavy atom. The molecule has 28 heavy (non-hydrogen) atoms. The van der Waals surface area contributed by atoms with Crippen molar-refractivity contribution in [3.05, 3.63) is 59.2 Å². The molecule has 0 aliphatic rings. The Hall–Kier alpha value is -2.52. The molecule has 0 amide bonds. The number of rotatable bonds is 5.